The van der Waals surface area contributed by atoms with Crippen molar-refractivity contribution in [2.24, 2.45) is 0 Å². The summed E-state index contributed by atoms with van der Waals surface area (Å²) in [6, 6.07) is 5.51. The number of amides is 4. The van der Waals surface area contributed by atoms with Crippen molar-refractivity contribution in [2.75, 3.05) is 23.9 Å². The summed E-state index contributed by atoms with van der Waals surface area (Å²) in [5, 5.41) is 5.77. The Balaban J connectivity index is 1.92. The van der Waals surface area contributed by atoms with Gasteiger partial charge in [0.15, 0.2) is 0 Å². The molecule has 2 rings (SSSR count). The van der Waals surface area contributed by atoms with Crippen LogP contribution in [0.4, 0.5) is 10.5 Å². The predicted molar refractivity (Wildman–Crippen MR) is 87.1 cm³/mol. The lowest BCUT2D eigenvalue weighted by molar-refractivity contribution is -0.130. The van der Waals surface area contributed by atoms with Crippen LogP contribution in [0.5, 0.6) is 0 Å². The van der Waals surface area contributed by atoms with Crippen LogP contribution in [-0.4, -0.2) is 47.3 Å². The van der Waals surface area contributed by atoms with Crippen molar-refractivity contribution in [1.29, 1.82) is 0 Å². The maximum absolute atomic E-state index is 12.1. The van der Waals surface area contributed by atoms with Crippen molar-refractivity contribution in [3.8, 4) is 0 Å². The number of nitrogens with one attached hydrogen (secondary N) is 2. The van der Waals surface area contributed by atoms with Gasteiger partial charge in [-0.2, -0.15) is 11.8 Å². The number of carbonyl (C=O) groups excluding carboxylic acids is 3. The lowest BCUT2D eigenvalue weighted by Crippen LogP contribution is -2.38. The SMILES string of the molecule is CSCC[C@H]1NC(=O)N(CC(=O)Nc2ccc(Cl)cc2)C1=O. The average Bonchev–Trinajstić information content (AvgIpc) is 2.75. The van der Waals surface area contributed by atoms with E-state index >= 15 is 0 Å². The fourth-order valence-corrected chi connectivity index (χ4v) is 2.63. The Hall–Kier alpha value is -1.73. The molecule has 1 fully saturated rings. The van der Waals surface area contributed by atoms with E-state index in [1.54, 1.807) is 36.0 Å². The maximum atomic E-state index is 12.1. The Morgan fingerprint density at radius 3 is 2.68 bits per heavy atom. The summed E-state index contributed by atoms with van der Waals surface area (Å²) in [7, 11) is 0. The first-order valence-corrected chi connectivity index (χ1v) is 8.44. The van der Waals surface area contributed by atoms with Crippen LogP contribution in [0.2, 0.25) is 5.02 Å². The number of urea groups is 1. The maximum Gasteiger partial charge on any atom is 0.325 e. The van der Waals surface area contributed by atoms with E-state index in [0.717, 1.165) is 10.7 Å². The zero-order valence-corrected chi connectivity index (χ0v) is 13.5. The molecule has 0 bridgehead atoms. The molecule has 1 saturated heterocycles. The van der Waals surface area contributed by atoms with Crippen LogP contribution in [-0.2, 0) is 9.59 Å². The van der Waals surface area contributed by atoms with Gasteiger partial charge in [0.25, 0.3) is 5.91 Å². The molecule has 1 aromatic rings. The molecule has 1 aliphatic rings. The van der Waals surface area contributed by atoms with Crippen LogP contribution >= 0.6 is 23.4 Å². The number of imide groups is 1. The minimum absolute atomic E-state index is 0.303. The van der Waals surface area contributed by atoms with Gasteiger partial charge in [0, 0.05) is 10.7 Å². The number of benzene rings is 1. The Kier molecular flexibility index (Phi) is 5.68. The number of nitrogens with zero attached hydrogens (tertiary/aromatic N) is 1. The molecule has 0 spiro atoms. The highest BCUT2D eigenvalue weighted by molar-refractivity contribution is 7.98. The normalized spacial score (nSPS) is 17.5. The highest BCUT2D eigenvalue weighted by Crippen LogP contribution is 2.15. The summed E-state index contributed by atoms with van der Waals surface area (Å²) in [5.41, 5.74) is 0.556. The quantitative estimate of drug-likeness (QED) is 0.775. The third-order valence-electron chi connectivity index (χ3n) is 3.15. The van der Waals surface area contributed by atoms with Crippen molar-refractivity contribution in [3.05, 3.63) is 29.3 Å². The van der Waals surface area contributed by atoms with E-state index in [4.69, 9.17) is 11.6 Å². The Labute approximate surface area is 137 Å². The van der Waals surface area contributed by atoms with Gasteiger partial charge in [-0.25, -0.2) is 4.79 Å². The molecular formula is C14H16ClN3O3S. The monoisotopic (exact) mass is 341 g/mol. The Bertz CT molecular complexity index is 579. The molecule has 2 N–H and O–H groups in total. The second kappa shape index (κ2) is 7.51. The molecule has 1 aromatic carbocycles. The smallest absolute Gasteiger partial charge is 0.325 e. The number of rotatable bonds is 6. The van der Waals surface area contributed by atoms with Gasteiger partial charge in [0.2, 0.25) is 5.91 Å². The van der Waals surface area contributed by atoms with Gasteiger partial charge < -0.3 is 10.6 Å². The molecule has 1 heterocycles. The van der Waals surface area contributed by atoms with Crippen molar-refractivity contribution in [2.45, 2.75) is 12.5 Å². The van der Waals surface area contributed by atoms with E-state index in [0.29, 0.717) is 17.1 Å². The van der Waals surface area contributed by atoms with Crippen molar-refractivity contribution < 1.29 is 14.4 Å². The van der Waals surface area contributed by atoms with Crippen LogP contribution in [0.3, 0.4) is 0 Å². The van der Waals surface area contributed by atoms with E-state index in [1.165, 1.54) is 0 Å². The molecule has 0 aliphatic carbocycles. The summed E-state index contributed by atoms with van der Waals surface area (Å²) in [6.45, 7) is -0.303. The first-order chi connectivity index (χ1) is 10.5. The number of carbonyl (C=O) groups is 3. The number of thioether (sulfide) groups is 1. The van der Waals surface area contributed by atoms with Crippen molar-refractivity contribution in [1.82, 2.24) is 10.2 Å². The van der Waals surface area contributed by atoms with Gasteiger partial charge in [0.05, 0.1) is 0 Å². The fraction of sp³-hybridized carbons (Fsp3) is 0.357. The lowest BCUT2D eigenvalue weighted by atomic mass is 10.2. The largest absolute Gasteiger partial charge is 0.326 e. The molecule has 0 aromatic heterocycles. The van der Waals surface area contributed by atoms with Gasteiger partial charge in [0.1, 0.15) is 12.6 Å². The summed E-state index contributed by atoms with van der Waals surface area (Å²) >= 11 is 7.36. The van der Waals surface area contributed by atoms with E-state index in [-0.39, 0.29) is 12.5 Å². The molecule has 0 unspecified atom stereocenters. The third kappa shape index (κ3) is 4.14. The van der Waals surface area contributed by atoms with Gasteiger partial charge in [-0.1, -0.05) is 11.6 Å². The predicted octanol–water partition coefficient (Wildman–Crippen LogP) is 1.95. The van der Waals surface area contributed by atoms with Gasteiger partial charge >= 0.3 is 6.03 Å². The number of anilines is 1. The van der Waals surface area contributed by atoms with E-state index in [2.05, 4.69) is 10.6 Å². The van der Waals surface area contributed by atoms with Crippen molar-refractivity contribution in [3.63, 3.8) is 0 Å². The number of hydrogen-bond acceptors (Lipinski definition) is 4. The second-order valence-electron chi connectivity index (χ2n) is 4.76. The first kappa shape index (κ1) is 16.6. The van der Waals surface area contributed by atoms with Gasteiger partial charge in [-0.15, -0.1) is 0 Å². The minimum Gasteiger partial charge on any atom is -0.326 e. The number of hydrogen-bond donors (Lipinski definition) is 2. The average molecular weight is 342 g/mol. The molecule has 4 amide bonds. The van der Waals surface area contributed by atoms with Gasteiger partial charge in [-0.05, 0) is 42.7 Å². The van der Waals surface area contributed by atoms with Crippen LogP contribution in [0.15, 0.2) is 24.3 Å². The minimum atomic E-state index is -0.539. The summed E-state index contributed by atoms with van der Waals surface area (Å²) in [4.78, 5) is 36.8. The van der Waals surface area contributed by atoms with Crippen LogP contribution in [0, 0.1) is 0 Å². The fourth-order valence-electron chi connectivity index (χ4n) is 2.04. The first-order valence-electron chi connectivity index (χ1n) is 6.67. The Morgan fingerprint density at radius 2 is 2.05 bits per heavy atom. The highest BCUT2D eigenvalue weighted by Gasteiger charge is 2.38. The van der Waals surface area contributed by atoms with Crippen molar-refractivity contribution >= 4 is 46.9 Å². The van der Waals surface area contributed by atoms with E-state index in [9.17, 15) is 14.4 Å². The summed E-state index contributed by atoms with van der Waals surface area (Å²) in [6.07, 6.45) is 2.49. The zero-order valence-electron chi connectivity index (χ0n) is 12.0. The Morgan fingerprint density at radius 1 is 1.36 bits per heavy atom. The molecule has 8 heteroatoms. The molecule has 6 nitrogen and oxygen atoms in total. The molecular weight excluding hydrogens is 326 g/mol. The molecule has 1 aliphatic heterocycles. The standard InChI is InChI=1S/C14H16ClN3O3S/c1-22-7-6-11-13(20)18(14(21)17-11)8-12(19)16-10-4-2-9(15)3-5-10/h2-5,11H,6-8H2,1H3,(H,16,19)(H,17,21)/t11-/m1/s1. The van der Waals surface area contributed by atoms with Crippen LogP contribution in [0.1, 0.15) is 6.42 Å². The van der Waals surface area contributed by atoms with Gasteiger partial charge in [-0.3, -0.25) is 14.5 Å². The number of halogens is 1. The highest BCUT2D eigenvalue weighted by atomic mass is 35.5. The summed E-state index contributed by atoms with van der Waals surface area (Å²) in [5.74, 6) is -0.0248. The zero-order chi connectivity index (χ0) is 16.1. The van der Waals surface area contributed by atoms with E-state index < -0.39 is 18.0 Å². The summed E-state index contributed by atoms with van der Waals surface area (Å²) < 4.78 is 0. The van der Waals surface area contributed by atoms with Crippen LogP contribution < -0.4 is 10.6 Å². The lowest BCUT2D eigenvalue weighted by Gasteiger charge is -2.13. The molecule has 118 valence electrons. The molecule has 0 radical (unpaired) electrons. The topological polar surface area (TPSA) is 78.5 Å². The third-order valence-corrected chi connectivity index (χ3v) is 4.04. The van der Waals surface area contributed by atoms with Crippen LogP contribution in [0.25, 0.3) is 0 Å². The molecule has 22 heavy (non-hydrogen) atoms. The second-order valence-corrected chi connectivity index (χ2v) is 6.19. The molecule has 0 saturated carbocycles. The van der Waals surface area contributed by atoms with E-state index in [1.807, 2.05) is 6.26 Å². The molecule has 1 atom stereocenters.